The first-order valence-corrected chi connectivity index (χ1v) is 4.23. The van der Waals surface area contributed by atoms with Crippen molar-refractivity contribution in [3.8, 4) is 0 Å². The molecule has 0 amide bonds. The van der Waals surface area contributed by atoms with Crippen LogP contribution in [0.15, 0.2) is 24.3 Å². The van der Waals surface area contributed by atoms with Gasteiger partial charge in [-0.1, -0.05) is 24.3 Å². The average Bonchev–Trinajstić information content (AvgIpc) is 2.28. The third-order valence-corrected chi connectivity index (χ3v) is 2.91. The van der Waals surface area contributed by atoms with E-state index in [0.717, 1.165) is 6.42 Å². The van der Waals surface area contributed by atoms with Crippen molar-refractivity contribution in [1.29, 1.82) is 0 Å². The lowest BCUT2D eigenvalue weighted by Gasteiger charge is -2.39. The van der Waals surface area contributed by atoms with Gasteiger partial charge in [0.05, 0.1) is 0 Å². The first kappa shape index (κ1) is 6.63. The van der Waals surface area contributed by atoms with Crippen LogP contribution in [0.5, 0.6) is 0 Å². The molecule has 1 saturated heterocycles. The SMILES string of the molecule is C[C@]12OO[C@H]1Cc1ccccc12. The summed E-state index contributed by atoms with van der Waals surface area (Å²) in [5, 5.41) is 0. The van der Waals surface area contributed by atoms with Crippen LogP contribution in [-0.4, -0.2) is 6.10 Å². The van der Waals surface area contributed by atoms with Crippen molar-refractivity contribution >= 4 is 0 Å². The van der Waals surface area contributed by atoms with Crippen LogP contribution >= 0.6 is 0 Å². The lowest BCUT2D eigenvalue weighted by molar-refractivity contribution is -0.507. The summed E-state index contributed by atoms with van der Waals surface area (Å²) in [6.07, 6.45) is 1.24. The molecule has 1 fully saturated rings. The molecule has 2 nitrogen and oxygen atoms in total. The fourth-order valence-electron chi connectivity index (χ4n) is 2.09. The summed E-state index contributed by atoms with van der Waals surface area (Å²) >= 11 is 0. The Morgan fingerprint density at radius 3 is 3.00 bits per heavy atom. The highest BCUT2D eigenvalue weighted by Gasteiger charge is 2.54. The topological polar surface area (TPSA) is 18.5 Å². The molecule has 2 aliphatic rings. The van der Waals surface area contributed by atoms with Gasteiger partial charge in [0.2, 0.25) is 0 Å². The van der Waals surface area contributed by atoms with E-state index in [1.54, 1.807) is 0 Å². The maximum absolute atomic E-state index is 5.17. The molecule has 3 rings (SSSR count). The van der Waals surface area contributed by atoms with Gasteiger partial charge in [-0.2, -0.15) is 0 Å². The molecule has 1 aliphatic heterocycles. The molecule has 12 heavy (non-hydrogen) atoms. The van der Waals surface area contributed by atoms with Crippen LogP contribution in [0, 0.1) is 0 Å². The first-order valence-electron chi connectivity index (χ1n) is 4.23. The van der Waals surface area contributed by atoms with Gasteiger partial charge in [0.25, 0.3) is 0 Å². The number of benzene rings is 1. The van der Waals surface area contributed by atoms with Crippen molar-refractivity contribution in [2.45, 2.75) is 25.0 Å². The molecule has 0 bridgehead atoms. The van der Waals surface area contributed by atoms with Crippen LogP contribution in [0.3, 0.4) is 0 Å². The molecule has 0 saturated carbocycles. The Morgan fingerprint density at radius 1 is 1.42 bits per heavy atom. The molecule has 1 heterocycles. The van der Waals surface area contributed by atoms with Crippen molar-refractivity contribution in [1.82, 2.24) is 0 Å². The van der Waals surface area contributed by atoms with Crippen molar-refractivity contribution in [3.63, 3.8) is 0 Å². The molecule has 1 aliphatic carbocycles. The smallest absolute Gasteiger partial charge is 0.155 e. The van der Waals surface area contributed by atoms with Gasteiger partial charge in [0, 0.05) is 6.42 Å². The molecule has 0 N–H and O–H groups in total. The largest absolute Gasteiger partial charge is 0.228 e. The molecule has 1 aromatic carbocycles. The zero-order valence-corrected chi connectivity index (χ0v) is 6.91. The lowest BCUT2D eigenvalue weighted by atomic mass is 9.95. The number of hydrogen-bond donors (Lipinski definition) is 0. The Labute approximate surface area is 71.0 Å². The van der Waals surface area contributed by atoms with Crippen LogP contribution in [0.25, 0.3) is 0 Å². The molecule has 0 spiro atoms. The van der Waals surface area contributed by atoms with Gasteiger partial charge in [-0.15, -0.1) is 0 Å². The Balaban J connectivity index is 2.19. The zero-order chi connectivity index (χ0) is 8.18. The van der Waals surface area contributed by atoms with Crippen molar-refractivity contribution in [3.05, 3.63) is 35.4 Å². The number of fused-ring (bicyclic) bond motifs is 3. The van der Waals surface area contributed by atoms with Gasteiger partial charge in [0.15, 0.2) is 5.60 Å². The summed E-state index contributed by atoms with van der Waals surface area (Å²) in [6, 6.07) is 8.38. The molecule has 2 atom stereocenters. The minimum absolute atomic E-state index is 0.156. The molecule has 0 aromatic heterocycles. The van der Waals surface area contributed by atoms with E-state index in [0.29, 0.717) is 0 Å². The standard InChI is InChI=1S/C10H10O2/c1-10-8-5-3-2-4-7(8)6-9(10)11-12-10/h2-5,9H,6H2,1H3/t9-,10+/m0/s1. The molecular formula is C10H10O2. The summed E-state index contributed by atoms with van der Waals surface area (Å²) in [5.74, 6) is 0. The quantitative estimate of drug-likeness (QED) is 0.541. The van der Waals surface area contributed by atoms with E-state index in [-0.39, 0.29) is 11.7 Å². The molecule has 0 radical (unpaired) electrons. The second-order valence-corrected chi connectivity index (χ2v) is 3.64. The number of hydrogen-bond acceptors (Lipinski definition) is 2. The third kappa shape index (κ3) is 0.586. The summed E-state index contributed by atoms with van der Waals surface area (Å²) in [5.41, 5.74) is 2.50. The van der Waals surface area contributed by atoms with E-state index >= 15 is 0 Å². The van der Waals surface area contributed by atoms with Crippen LogP contribution in [0.2, 0.25) is 0 Å². The second kappa shape index (κ2) is 1.90. The highest BCUT2D eigenvalue weighted by atomic mass is 17.3. The van der Waals surface area contributed by atoms with Crippen LogP contribution < -0.4 is 0 Å². The van der Waals surface area contributed by atoms with Gasteiger partial charge in [-0.3, -0.25) is 0 Å². The van der Waals surface area contributed by atoms with Gasteiger partial charge in [-0.05, 0) is 18.1 Å². The summed E-state index contributed by atoms with van der Waals surface area (Å²) < 4.78 is 0. The highest BCUT2D eigenvalue weighted by molar-refractivity contribution is 5.39. The Kier molecular flexibility index (Phi) is 1.05. The fraction of sp³-hybridized carbons (Fsp3) is 0.400. The van der Waals surface area contributed by atoms with Gasteiger partial charge < -0.3 is 0 Å². The molecule has 62 valence electrons. The average molecular weight is 162 g/mol. The number of rotatable bonds is 0. The summed E-state index contributed by atoms with van der Waals surface area (Å²) in [7, 11) is 0. The Bertz CT molecular complexity index is 334. The van der Waals surface area contributed by atoms with Crippen molar-refractivity contribution in [2.24, 2.45) is 0 Å². The van der Waals surface area contributed by atoms with Gasteiger partial charge in [0.1, 0.15) is 6.10 Å². The van der Waals surface area contributed by atoms with Crippen LogP contribution in [0.4, 0.5) is 0 Å². The molecule has 0 unspecified atom stereocenters. The van der Waals surface area contributed by atoms with Crippen molar-refractivity contribution in [2.75, 3.05) is 0 Å². The minimum atomic E-state index is -0.156. The van der Waals surface area contributed by atoms with E-state index in [9.17, 15) is 0 Å². The predicted molar refractivity (Wildman–Crippen MR) is 43.5 cm³/mol. The lowest BCUT2D eigenvalue weighted by Crippen LogP contribution is -2.48. The van der Waals surface area contributed by atoms with E-state index in [1.807, 2.05) is 6.07 Å². The maximum Gasteiger partial charge on any atom is 0.155 e. The van der Waals surface area contributed by atoms with Gasteiger partial charge in [-0.25, -0.2) is 9.78 Å². The maximum atomic E-state index is 5.17. The normalized spacial score (nSPS) is 36.9. The Morgan fingerprint density at radius 2 is 2.25 bits per heavy atom. The fourth-order valence-corrected chi connectivity index (χ4v) is 2.09. The van der Waals surface area contributed by atoms with E-state index < -0.39 is 0 Å². The monoisotopic (exact) mass is 162 g/mol. The van der Waals surface area contributed by atoms with Gasteiger partial charge >= 0.3 is 0 Å². The van der Waals surface area contributed by atoms with Crippen molar-refractivity contribution < 1.29 is 9.78 Å². The molecular weight excluding hydrogens is 152 g/mol. The predicted octanol–water partition coefficient (Wildman–Crippen LogP) is 1.79. The zero-order valence-electron chi connectivity index (χ0n) is 6.91. The second-order valence-electron chi connectivity index (χ2n) is 3.64. The Hall–Kier alpha value is -0.860. The van der Waals surface area contributed by atoms with Crippen LogP contribution in [-0.2, 0) is 21.8 Å². The third-order valence-electron chi connectivity index (χ3n) is 2.91. The molecule has 1 aromatic rings. The van der Waals surface area contributed by atoms with Crippen LogP contribution in [0.1, 0.15) is 18.1 Å². The van der Waals surface area contributed by atoms with E-state index in [2.05, 4.69) is 25.1 Å². The highest BCUT2D eigenvalue weighted by Crippen LogP contribution is 2.48. The van der Waals surface area contributed by atoms with E-state index in [1.165, 1.54) is 11.1 Å². The molecule has 2 heteroatoms. The summed E-state index contributed by atoms with van der Waals surface area (Å²) in [6.45, 7) is 2.09. The summed E-state index contributed by atoms with van der Waals surface area (Å²) in [4.78, 5) is 10.2. The minimum Gasteiger partial charge on any atom is -0.228 e. The first-order chi connectivity index (χ1) is 5.81. The van der Waals surface area contributed by atoms with E-state index in [4.69, 9.17) is 9.78 Å².